The number of aryl methyl sites for hydroxylation is 2. The van der Waals surface area contributed by atoms with Gasteiger partial charge in [-0.05, 0) is 44.0 Å². The van der Waals surface area contributed by atoms with Gasteiger partial charge in [-0.1, -0.05) is 66.2 Å². The molecule has 0 fully saturated rings. The fraction of sp³-hybridized carbons (Fsp3) is 0.174. The molecule has 0 radical (unpaired) electrons. The van der Waals surface area contributed by atoms with Crippen molar-refractivity contribution < 1.29 is 9.53 Å². The van der Waals surface area contributed by atoms with Crippen LogP contribution in [0.4, 0.5) is 5.69 Å². The van der Waals surface area contributed by atoms with E-state index >= 15 is 0 Å². The lowest BCUT2D eigenvalue weighted by atomic mass is 10.0. The maximum absolute atomic E-state index is 12.6. The normalized spacial score (nSPS) is 11.7. The number of anilines is 1. The highest BCUT2D eigenvalue weighted by molar-refractivity contribution is 5.98. The third kappa shape index (κ3) is 4.12. The van der Waals surface area contributed by atoms with E-state index in [2.05, 4.69) is 5.32 Å². The van der Waals surface area contributed by atoms with Crippen LogP contribution < -0.4 is 10.1 Å². The van der Waals surface area contributed by atoms with E-state index < -0.39 is 6.10 Å². The first-order valence-electron chi connectivity index (χ1n) is 8.74. The summed E-state index contributed by atoms with van der Waals surface area (Å²) in [4.78, 5) is 12.6. The zero-order valence-corrected chi connectivity index (χ0v) is 15.3. The van der Waals surface area contributed by atoms with Gasteiger partial charge in [0, 0.05) is 11.3 Å². The number of benzene rings is 3. The Hall–Kier alpha value is -3.07. The van der Waals surface area contributed by atoms with Gasteiger partial charge in [0.2, 0.25) is 0 Å². The highest BCUT2D eigenvalue weighted by atomic mass is 16.5. The van der Waals surface area contributed by atoms with Crippen LogP contribution in [-0.4, -0.2) is 12.0 Å². The summed E-state index contributed by atoms with van der Waals surface area (Å²) in [6.07, 6.45) is -0.597. The van der Waals surface area contributed by atoms with Gasteiger partial charge in [-0.25, -0.2) is 0 Å². The van der Waals surface area contributed by atoms with Crippen molar-refractivity contribution in [3.63, 3.8) is 0 Å². The minimum Gasteiger partial charge on any atom is -0.481 e. The Morgan fingerprint density at radius 1 is 0.923 bits per heavy atom. The summed E-state index contributed by atoms with van der Waals surface area (Å²) in [5, 5.41) is 3.00. The third-order valence-electron chi connectivity index (χ3n) is 4.27. The minimum atomic E-state index is -0.597. The Labute approximate surface area is 154 Å². The zero-order valence-electron chi connectivity index (χ0n) is 15.3. The number of hydrogen-bond acceptors (Lipinski definition) is 2. The van der Waals surface area contributed by atoms with E-state index in [0.29, 0.717) is 0 Å². The van der Waals surface area contributed by atoms with Gasteiger partial charge in [-0.3, -0.25) is 4.79 Å². The van der Waals surface area contributed by atoms with Gasteiger partial charge in [0.25, 0.3) is 5.91 Å². The molecule has 0 bridgehead atoms. The van der Waals surface area contributed by atoms with E-state index in [9.17, 15) is 4.79 Å². The van der Waals surface area contributed by atoms with Crippen molar-refractivity contribution >= 4 is 11.6 Å². The first kappa shape index (κ1) is 17.7. The standard InChI is InChI=1S/C23H23NO2/c1-16-13-14-22(17(2)15-16)26-18(3)23(25)24-21-12-8-7-11-20(21)19-9-5-4-6-10-19/h4-15,18H,1-3H3,(H,24,25)/t18-/m1/s1. The largest absolute Gasteiger partial charge is 0.481 e. The summed E-state index contributed by atoms with van der Waals surface area (Å²) < 4.78 is 5.87. The number of carbonyl (C=O) groups excluding carboxylic acids is 1. The highest BCUT2D eigenvalue weighted by Crippen LogP contribution is 2.28. The van der Waals surface area contributed by atoms with E-state index in [0.717, 1.165) is 28.1 Å². The summed E-state index contributed by atoms with van der Waals surface area (Å²) in [7, 11) is 0. The Morgan fingerprint density at radius 2 is 1.62 bits per heavy atom. The molecular formula is C23H23NO2. The van der Waals surface area contributed by atoms with Gasteiger partial charge in [0.15, 0.2) is 6.10 Å². The first-order valence-corrected chi connectivity index (χ1v) is 8.74. The lowest BCUT2D eigenvalue weighted by molar-refractivity contribution is -0.122. The van der Waals surface area contributed by atoms with Crippen LogP contribution in [0, 0.1) is 13.8 Å². The van der Waals surface area contributed by atoms with E-state index in [1.165, 1.54) is 5.56 Å². The second-order valence-electron chi connectivity index (χ2n) is 6.43. The van der Waals surface area contributed by atoms with E-state index in [1.54, 1.807) is 6.92 Å². The van der Waals surface area contributed by atoms with Crippen LogP contribution in [0.2, 0.25) is 0 Å². The molecule has 26 heavy (non-hydrogen) atoms. The van der Waals surface area contributed by atoms with Crippen molar-refractivity contribution in [1.82, 2.24) is 0 Å². The number of carbonyl (C=O) groups is 1. The fourth-order valence-corrected chi connectivity index (χ4v) is 2.87. The molecular weight excluding hydrogens is 322 g/mol. The molecule has 0 spiro atoms. The lowest BCUT2D eigenvalue weighted by Gasteiger charge is -2.18. The minimum absolute atomic E-state index is 0.173. The average Bonchev–Trinajstić information content (AvgIpc) is 2.65. The SMILES string of the molecule is Cc1ccc(O[C@H](C)C(=O)Nc2ccccc2-c2ccccc2)c(C)c1. The molecule has 132 valence electrons. The van der Waals surface area contributed by atoms with Crippen LogP contribution in [0.25, 0.3) is 11.1 Å². The quantitative estimate of drug-likeness (QED) is 0.674. The molecule has 3 heteroatoms. The maximum atomic E-state index is 12.6. The van der Waals surface area contributed by atoms with Crippen molar-refractivity contribution in [2.24, 2.45) is 0 Å². The number of rotatable bonds is 5. The van der Waals surface area contributed by atoms with Crippen LogP contribution in [0.1, 0.15) is 18.1 Å². The second kappa shape index (κ2) is 7.87. The van der Waals surface area contributed by atoms with Gasteiger partial charge in [0.1, 0.15) is 5.75 Å². The molecule has 3 nitrogen and oxygen atoms in total. The van der Waals surface area contributed by atoms with E-state index in [1.807, 2.05) is 86.6 Å². The molecule has 0 aliphatic carbocycles. The van der Waals surface area contributed by atoms with Crippen LogP contribution >= 0.6 is 0 Å². The van der Waals surface area contributed by atoms with Crippen molar-refractivity contribution in [2.75, 3.05) is 5.32 Å². The van der Waals surface area contributed by atoms with Gasteiger partial charge >= 0.3 is 0 Å². The molecule has 1 N–H and O–H groups in total. The van der Waals surface area contributed by atoms with Gasteiger partial charge < -0.3 is 10.1 Å². The Balaban J connectivity index is 1.76. The number of nitrogens with one attached hydrogen (secondary N) is 1. The van der Waals surface area contributed by atoms with Gasteiger partial charge in [-0.2, -0.15) is 0 Å². The average molecular weight is 345 g/mol. The molecule has 0 saturated carbocycles. The monoisotopic (exact) mass is 345 g/mol. The second-order valence-corrected chi connectivity index (χ2v) is 6.43. The van der Waals surface area contributed by atoms with Gasteiger partial charge in [-0.15, -0.1) is 0 Å². The van der Waals surface area contributed by atoms with Crippen molar-refractivity contribution in [2.45, 2.75) is 26.9 Å². The summed E-state index contributed by atoms with van der Waals surface area (Å²) >= 11 is 0. The number of hydrogen-bond donors (Lipinski definition) is 1. The maximum Gasteiger partial charge on any atom is 0.265 e. The van der Waals surface area contributed by atoms with Gasteiger partial charge in [0.05, 0.1) is 0 Å². The summed E-state index contributed by atoms with van der Waals surface area (Å²) in [5.74, 6) is 0.558. The first-order chi connectivity index (χ1) is 12.5. The molecule has 1 amide bonds. The van der Waals surface area contributed by atoms with E-state index in [4.69, 9.17) is 4.74 Å². The molecule has 3 rings (SSSR count). The zero-order chi connectivity index (χ0) is 18.5. The number of amides is 1. The van der Waals surface area contributed by atoms with Crippen molar-refractivity contribution in [3.8, 4) is 16.9 Å². The topological polar surface area (TPSA) is 38.3 Å². The summed E-state index contributed by atoms with van der Waals surface area (Å²) in [5.41, 5.74) is 5.02. The van der Waals surface area contributed by atoms with Crippen molar-refractivity contribution in [1.29, 1.82) is 0 Å². The molecule has 0 heterocycles. The summed E-state index contributed by atoms with van der Waals surface area (Å²) in [6, 6.07) is 23.7. The lowest BCUT2D eigenvalue weighted by Crippen LogP contribution is -2.30. The molecule has 1 atom stereocenters. The molecule has 0 aliphatic heterocycles. The van der Waals surface area contributed by atoms with Crippen LogP contribution in [-0.2, 0) is 4.79 Å². The predicted octanol–water partition coefficient (Wildman–Crippen LogP) is 5.38. The molecule has 0 aromatic heterocycles. The summed E-state index contributed by atoms with van der Waals surface area (Å²) in [6.45, 7) is 5.78. The predicted molar refractivity (Wildman–Crippen MR) is 107 cm³/mol. The Bertz CT molecular complexity index is 903. The Morgan fingerprint density at radius 3 is 2.35 bits per heavy atom. The highest BCUT2D eigenvalue weighted by Gasteiger charge is 2.17. The molecule has 0 aliphatic rings. The van der Waals surface area contributed by atoms with Crippen LogP contribution in [0.15, 0.2) is 72.8 Å². The molecule has 0 unspecified atom stereocenters. The van der Waals surface area contributed by atoms with Crippen LogP contribution in [0.5, 0.6) is 5.75 Å². The van der Waals surface area contributed by atoms with Crippen LogP contribution in [0.3, 0.4) is 0 Å². The third-order valence-corrected chi connectivity index (χ3v) is 4.27. The molecule has 3 aromatic carbocycles. The molecule has 3 aromatic rings. The smallest absolute Gasteiger partial charge is 0.265 e. The fourth-order valence-electron chi connectivity index (χ4n) is 2.87. The molecule has 0 saturated heterocycles. The number of para-hydroxylation sites is 1. The van der Waals surface area contributed by atoms with Crippen molar-refractivity contribution in [3.05, 3.63) is 83.9 Å². The number of ether oxygens (including phenoxy) is 1. The Kier molecular flexibility index (Phi) is 5.37. The van der Waals surface area contributed by atoms with E-state index in [-0.39, 0.29) is 5.91 Å².